The minimum Gasteiger partial charge on any atom is -0.355 e. The van der Waals surface area contributed by atoms with Gasteiger partial charge in [-0.3, -0.25) is 9.78 Å². The number of nitrogens with one attached hydrogen (secondary N) is 2. The number of anilines is 2. The lowest BCUT2D eigenvalue weighted by Gasteiger charge is -2.11. The fourth-order valence-electron chi connectivity index (χ4n) is 2.77. The zero-order valence-corrected chi connectivity index (χ0v) is 15.8. The van der Waals surface area contributed by atoms with E-state index in [0.29, 0.717) is 12.1 Å². The SMILES string of the molecule is O=C(NCc1nc(-c2ccncc2)cs1)c1ccccc1Nc1ccccc1. The standard InChI is InChI=1S/C22H18N4OS/c27-22(18-8-4-5-9-19(18)25-17-6-2-1-3-7-17)24-14-21-26-20(15-28-21)16-10-12-23-13-11-16/h1-13,15,25H,14H2,(H,24,27). The second-order valence-corrected chi connectivity index (χ2v) is 7.02. The Labute approximate surface area is 167 Å². The highest BCUT2D eigenvalue weighted by molar-refractivity contribution is 7.09. The van der Waals surface area contributed by atoms with E-state index < -0.39 is 0 Å². The summed E-state index contributed by atoms with van der Waals surface area (Å²) >= 11 is 1.53. The fraction of sp³-hybridized carbons (Fsp3) is 0.0455. The van der Waals surface area contributed by atoms with Crippen LogP contribution in [0.15, 0.2) is 84.5 Å². The number of hydrogen-bond acceptors (Lipinski definition) is 5. The van der Waals surface area contributed by atoms with E-state index >= 15 is 0 Å². The Hall–Kier alpha value is -3.51. The van der Waals surface area contributed by atoms with Gasteiger partial charge in [0.05, 0.1) is 23.5 Å². The largest absolute Gasteiger partial charge is 0.355 e. The van der Waals surface area contributed by atoms with Crippen molar-refractivity contribution < 1.29 is 4.79 Å². The smallest absolute Gasteiger partial charge is 0.253 e. The predicted octanol–water partition coefficient (Wildman–Crippen LogP) is 4.88. The van der Waals surface area contributed by atoms with E-state index in [0.717, 1.165) is 27.6 Å². The molecule has 28 heavy (non-hydrogen) atoms. The van der Waals surface area contributed by atoms with Gasteiger partial charge in [-0.05, 0) is 36.4 Å². The molecule has 0 bridgehead atoms. The molecule has 0 radical (unpaired) electrons. The van der Waals surface area contributed by atoms with Crippen LogP contribution in [0.4, 0.5) is 11.4 Å². The summed E-state index contributed by atoms with van der Waals surface area (Å²) in [7, 11) is 0. The molecule has 2 aromatic heterocycles. The number of carbonyl (C=O) groups is 1. The first-order chi connectivity index (χ1) is 13.8. The van der Waals surface area contributed by atoms with Crippen LogP contribution in [-0.4, -0.2) is 15.9 Å². The lowest BCUT2D eigenvalue weighted by atomic mass is 10.1. The average molecular weight is 386 g/mol. The van der Waals surface area contributed by atoms with Gasteiger partial charge < -0.3 is 10.6 Å². The van der Waals surface area contributed by atoms with Crippen molar-refractivity contribution in [3.8, 4) is 11.3 Å². The van der Waals surface area contributed by atoms with E-state index in [1.807, 2.05) is 72.1 Å². The number of nitrogens with zero attached hydrogens (tertiary/aromatic N) is 2. The van der Waals surface area contributed by atoms with Crippen LogP contribution < -0.4 is 10.6 Å². The molecule has 5 nitrogen and oxygen atoms in total. The molecule has 4 aromatic rings. The summed E-state index contributed by atoms with van der Waals surface area (Å²) in [6.07, 6.45) is 3.49. The van der Waals surface area contributed by atoms with Crippen molar-refractivity contribution in [2.45, 2.75) is 6.54 Å². The number of benzene rings is 2. The van der Waals surface area contributed by atoms with Crippen LogP contribution in [0, 0.1) is 0 Å². The Bertz CT molecular complexity index is 1060. The predicted molar refractivity (Wildman–Crippen MR) is 113 cm³/mol. The van der Waals surface area contributed by atoms with E-state index in [2.05, 4.69) is 20.6 Å². The summed E-state index contributed by atoms with van der Waals surface area (Å²) in [5.74, 6) is -0.139. The minimum absolute atomic E-state index is 0.139. The number of aromatic nitrogens is 2. The molecular weight excluding hydrogens is 368 g/mol. The number of thiazole rings is 1. The summed E-state index contributed by atoms with van der Waals surface area (Å²) in [5.41, 5.74) is 4.20. The Morgan fingerprint density at radius 1 is 0.929 bits per heavy atom. The van der Waals surface area contributed by atoms with E-state index in [4.69, 9.17) is 0 Å². The first-order valence-electron chi connectivity index (χ1n) is 8.84. The third-order valence-electron chi connectivity index (χ3n) is 4.15. The number of pyridine rings is 1. The van der Waals surface area contributed by atoms with Crippen molar-refractivity contribution >= 4 is 28.6 Å². The van der Waals surface area contributed by atoms with Crippen molar-refractivity contribution in [3.05, 3.63) is 95.1 Å². The molecule has 138 valence electrons. The first kappa shape index (κ1) is 17.9. The van der Waals surface area contributed by atoms with Gasteiger partial charge in [-0.2, -0.15) is 0 Å². The van der Waals surface area contributed by atoms with E-state index in [-0.39, 0.29) is 5.91 Å². The fourth-order valence-corrected chi connectivity index (χ4v) is 3.51. The normalized spacial score (nSPS) is 10.4. The Balaban J connectivity index is 1.44. The zero-order valence-electron chi connectivity index (χ0n) is 15.0. The van der Waals surface area contributed by atoms with Crippen LogP contribution in [0.3, 0.4) is 0 Å². The van der Waals surface area contributed by atoms with Crippen LogP contribution >= 0.6 is 11.3 Å². The van der Waals surface area contributed by atoms with Gasteiger partial charge in [0, 0.05) is 29.0 Å². The van der Waals surface area contributed by atoms with Gasteiger partial charge >= 0.3 is 0 Å². The van der Waals surface area contributed by atoms with Crippen molar-refractivity contribution in [2.75, 3.05) is 5.32 Å². The van der Waals surface area contributed by atoms with Crippen LogP contribution in [0.2, 0.25) is 0 Å². The minimum atomic E-state index is -0.139. The molecular formula is C22H18N4OS. The molecule has 0 atom stereocenters. The van der Waals surface area contributed by atoms with E-state index in [1.165, 1.54) is 11.3 Å². The molecule has 0 spiro atoms. The topological polar surface area (TPSA) is 66.9 Å². The van der Waals surface area contributed by atoms with Gasteiger partial charge in [0.2, 0.25) is 0 Å². The molecule has 0 fully saturated rings. The van der Waals surface area contributed by atoms with Gasteiger partial charge in [0.1, 0.15) is 5.01 Å². The number of hydrogen-bond donors (Lipinski definition) is 2. The lowest BCUT2D eigenvalue weighted by Crippen LogP contribution is -2.23. The third-order valence-corrected chi connectivity index (χ3v) is 5.00. The Kier molecular flexibility index (Phi) is 5.40. The number of amides is 1. The van der Waals surface area contributed by atoms with Crippen LogP contribution in [0.1, 0.15) is 15.4 Å². The van der Waals surface area contributed by atoms with Gasteiger partial charge in [0.15, 0.2) is 0 Å². The maximum absolute atomic E-state index is 12.7. The highest BCUT2D eigenvalue weighted by Crippen LogP contribution is 2.22. The summed E-state index contributed by atoms with van der Waals surface area (Å²) in [4.78, 5) is 21.3. The molecule has 0 aliphatic rings. The molecule has 0 saturated heterocycles. The Morgan fingerprint density at radius 2 is 1.68 bits per heavy atom. The Morgan fingerprint density at radius 3 is 2.50 bits per heavy atom. The molecule has 4 rings (SSSR count). The number of rotatable bonds is 6. The summed E-state index contributed by atoms with van der Waals surface area (Å²) < 4.78 is 0. The van der Waals surface area contributed by atoms with E-state index in [1.54, 1.807) is 12.4 Å². The second-order valence-electron chi connectivity index (χ2n) is 6.08. The van der Waals surface area contributed by atoms with Crippen LogP contribution in [0.5, 0.6) is 0 Å². The maximum Gasteiger partial charge on any atom is 0.253 e. The highest BCUT2D eigenvalue weighted by atomic mass is 32.1. The summed E-state index contributed by atoms with van der Waals surface area (Å²) in [6.45, 7) is 0.383. The molecule has 0 aliphatic carbocycles. The van der Waals surface area contributed by atoms with Crippen molar-refractivity contribution in [2.24, 2.45) is 0 Å². The van der Waals surface area contributed by atoms with E-state index in [9.17, 15) is 4.79 Å². The quantitative estimate of drug-likeness (QED) is 0.496. The van der Waals surface area contributed by atoms with Crippen LogP contribution in [-0.2, 0) is 6.54 Å². The molecule has 0 aliphatic heterocycles. The van der Waals surface area contributed by atoms with Crippen molar-refractivity contribution in [3.63, 3.8) is 0 Å². The molecule has 1 amide bonds. The number of carbonyl (C=O) groups excluding carboxylic acids is 1. The third kappa shape index (κ3) is 4.24. The molecule has 2 N–H and O–H groups in total. The molecule has 0 unspecified atom stereocenters. The highest BCUT2D eigenvalue weighted by Gasteiger charge is 2.12. The molecule has 6 heteroatoms. The zero-order chi connectivity index (χ0) is 19.2. The molecule has 2 heterocycles. The number of para-hydroxylation sites is 2. The summed E-state index contributed by atoms with van der Waals surface area (Å²) in [6, 6.07) is 21.1. The van der Waals surface area contributed by atoms with Gasteiger partial charge in [0.25, 0.3) is 5.91 Å². The lowest BCUT2D eigenvalue weighted by molar-refractivity contribution is 0.0951. The monoisotopic (exact) mass is 386 g/mol. The van der Waals surface area contributed by atoms with Gasteiger partial charge in [-0.1, -0.05) is 30.3 Å². The molecule has 0 saturated carbocycles. The first-order valence-corrected chi connectivity index (χ1v) is 9.72. The maximum atomic E-state index is 12.7. The molecule has 2 aromatic carbocycles. The van der Waals surface area contributed by atoms with Crippen molar-refractivity contribution in [1.82, 2.24) is 15.3 Å². The van der Waals surface area contributed by atoms with Crippen molar-refractivity contribution in [1.29, 1.82) is 0 Å². The second kappa shape index (κ2) is 8.45. The van der Waals surface area contributed by atoms with Crippen LogP contribution in [0.25, 0.3) is 11.3 Å². The average Bonchev–Trinajstić information content (AvgIpc) is 3.23. The van der Waals surface area contributed by atoms with Gasteiger partial charge in [-0.25, -0.2) is 4.98 Å². The van der Waals surface area contributed by atoms with Gasteiger partial charge in [-0.15, -0.1) is 11.3 Å². The summed E-state index contributed by atoms with van der Waals surface area (Å²) in [5, 5.41) is 9.10.